The lowest BCUT2D eigenvalue weighted by atomic mass is 9.68. The largest absolute Gasteiger partial charge is 0.388 e. The highest BCUT2D eigenvalue weighted by molar-refractivity contribution is 5.26. The number of nitrogens with two attached hydrogens (primary N) is 1. The van der Waals surface area contributed by atoms with Crippen molar-refractivity contribution in [3.05, 3.63) is 35.1 Å². The fourth-order valence-corrected chi connectivity index (χ4v) is 2.98. The third-order valence-corrected chi connectivity index (χ3v) is 4.35. The number of aliphatic hydroxyl groups excluding tert-OH is 1. The number of aliphatic hydroxyl groups is 1. The molecule has 0 bridgehead atoms. The van der Waals surface area contributed by atoms with Crippen molar-refractivity contribution in [2.24, 2.45) is 11.1 Å². The van der Waals surface area contributed by atoms with Gasteiger partial charge in [0.1, 0.15) is 5.82 Å². The van der Waals surface area contributed by atoms with E-state index < -0.39 is 6.10 Å². The van der Waals surface area contributed by atoms with Crippen LogP contribution in [0.15, 0.2) is 18.2 Å². The van der Waals surface area contributed by atoms with Crippen molar-refractivity contribution in [2.45, 2.75) is 45.1 Å². The molecule has 1 atom stereocenters. The van der Waals surface area contributed by atoms with Gasteiger partial charge in [-0.25, -0.2) is 4.39 Å². The molecular formula is C15H22FNO. The van der Waals surface area contributed by atoms with Gasteiger partial charge in [0.15, 0.2) is 0 Å². The van der Waals surface area contributed by atoms with Crippen molar-refractivity contribution in [1.82, 2.24) is 0 Å². The lowest BCUT2D eigenvalue weighted by Gasteiger charge is -2.40. The Labute approximate surface area is 108 Å². The quantitative estimate of drug-likeness (QED) is 0.867. The van der Waals surface area contributed by atoms with Crippen LogP contribution < -0.4 is 5.73 Å². The van der Waals surface area contributed by atoms with Crippen LogP contribution in [0.4, 0.5) is 4.39 Å². The Morgan fingerprint density at radius 3 is 2.56 bits per heavy atom. The smallest absolute Gasteiger partial charge is 0.126 e. The van der Waals surface area contributed by atoms with Gasteiger partial charge in [0.2, 0.25) is 0 Å². The Morgan fingerprint density at radius 2 is 2.00 bits per heavy atom. The molecular weight excluding hydrogens is 229 g/mol. The van der Waals surface area contributed by atoms with Gasteiger partial charge in [0.05, 0.1) is 6.10 Å². The van der Waals surface area contributed by atoms with E-state index in [1.54, 1.807) is 13.0 Å². The number of benzene rings is 1. The molecule has 0 aliphatic heterocycles. The molecule has 0 heterocycles. The number of hydrogen-bond acceptors (Lipinski definition) is 2. The Bertz CT molecular complexity index is 413. The maximum atomic E-state index is 13.6. The molecule has 0 spiro atoms. The van der Waals surface area contributed by atoms with Gasteiger partial charge in [0, 0.05) is 12.0 Å². The molecule has 0 radical (unpaired) electrons. The summed E-state index contributed by atoms with van der Waals surface area (Å²) in [5.74, 6) is -0.255. The molecule has 1 aromatic rings. The Balaban J connectivity index is 2.27. The predicted molar refractivity (Wildman–Crippen MR) is 70.7 cm³/mol. The summed E-state index contributed by atoms with van der Waals surface area (Å²) in [6.07, 6.45) is 4.61. The fourth-order valence-electron chi connectivity index (χ4n) is 2.98. The summed E-state index contributed by atoms with van der Waals surface area (Å²) in [4.78, 5) is 0. The first-order valence-electron chi connectivity index (χ1n) is 6.73. The average molecular weight is 251 g/mol. The van der Waals surface area contributed by atoms with E-state index in [0.717, 1.165) is 25.7 Å². The zero-order valence-electron chi connectivity index (χ0n) is 11.0. The Kier molecular flexibility index (Phi) is 4.03. The normalized spacial score (nSPS) is 20.7. The van der Waals surface area contributed by atoms with Crippen LogP contribution in [0.2, 0.25) is 0 Å². The summed E-state index contributed by atoms with van der Waals surface area (Å²) in [6, 6.07) is 4.99. The summed E-state index contributed by atoms with van der Waals surface area (Å²) in [6.45, 7) is 2.19. The van der Waals surface area contributed by atoms with Crippen LogP contribution >= 0.6 is 0 Å². The zero-order valence-corrected chi connectivity index (χ0v) is 11.0. The first-order chi connectivity index (χ1) is 8.59. The van der Waals surface area contributed by atoms with E-state index in [4.69, 9.17) is 5.73 Å². The van der Waals surface area contributed by atoms with Crippen LogP contribution in [0.1, 0.15) is 49.3 Å². The maximum Gasteiger partial charge on any atom is 0.126 e. The highest BCUT2D eigenvalue weighted by atomic mass is 19.1. The third kappa shape index (κ3) is 2.43. The molecule has 1 unspecified atom stereocenters. The van der Waals surface area contributed by atoms with E-state index in [1.165, 1.54) is 12.5 Å². The van der Waals surface area contributed by atoms with Gasteiger partial charge in [-0.15, -0.1) is 0 Å². The van der Waals surface area contributed by atoms with Crippen LogP contribution in [0.5, 0.6) is 0 Å². The van der Waals surface area contributed by atoms with Gasteiger partial charge < -0.3 is 10.8 Å². The summed E-state index contributed by atoms with van der Waals surface area (Å²) in [7, 11) is 0. The lowest BCUT2D eigenvalue weighted by molar-refractivity contribution is 0.000511. The predicted octanol–water partition coefficient (Wildman–Crippen LogP) is 3.08. The minimum atomic E-state index is -0.655. The standard InChI is InChI=1S/C15H22FNO/c1-11-5-6-12(9-13(11)16)14(18)15(10-17)7-3-2-4-8-15/h5-6,9,14,18H,2-4,7-8,10,17H2,1H3. The summed E-state index contributed by atoms with van der Waals surface area (Å²) in [5, 5.41) is 10.6. The van der Waals surface area contributed by atoms with Crippen molar-refractivity contribution >= 4 is 0 Å². The molecule has 100 valence electrons. The van der Waals surface area contributed by atoms with E-state index >= 15 is 0 Å². The first-order valence-corrected chi connectivity index (χ1v) is 6.73. The third-order valence-electron chi connectivity index (χ3n) is 4.35. The zero-order chi connectivity index (χ0) is 13.2. The van der Waals surface area contributed by atoms with Crippen LogP contribution in [0.25, 0.3) is 0 Å². The van der Waals surface area contributed by atoms with Crippen molar-refractivity contribution in [3.63, 3.8) is 0 Å². The second-order valence-corrected chi connectivity index (χ2v) is 5.54. The number of aryl methyl sites for hydroxylation is 1. The molecule has 2 rings (SSSR count). The molecule has 18 heavy (non-hydrogen) atoms. The Morgan fingerprint density at radius 1 is 1.33 bits per heavy atom. The van der Waals surface area contributed by atoms with Crippen LogP contribution in [0.3, 0.4) is 0 Å². The van der Waals surface area contributed by atoms with Gasteiger partial charge in [0.25, 0.3) is 0 Å². The van der Waals surface area contributed by atoms with Crippen molar-refractivity contribution in [3.8, 4) is 0 Å². The highest BCUT2D eigenvalue weighted by Gasteiger charge is 2.38. The summed E-state index contributed by atoms with van der Waals surface area (Å²) >= 11 is 0. The molecule has 0 amide bonds. The second kappa shape index (κ2) is 5.37. The molecule has 1 aliphatic rings. The molecule has 2 nitrogen and oxygen atoms in total. The lowest BCUT2D eigenvalue weighted by Crippen LogP contribution is -2.38. The minimum Gasteiger partial charge on any atom is -0.388 e. The van der Waals surface area contributed by atoms with E-state index in [9.17, 15) is 9.50 Å². The van der Waals surface area contributed by atoms with E-state index in [-0.39, 0.29) is 11.2 Å². The monoisotopic (exact) mass is 251 g/mol. The van der Waals surface area contributed by atoms with Crippen LogP contribution in [0, 0.1) is 18.2 Å². The van der Waals surface area contributed by atoms with E-state index in [2.05, 4.69) is 0 Å². The van der Waals surface area contributed by atoms with Crippen molar-refractivity contribution in [1.29, 1.82) is 0 Å². The minimum absolute atomic E-state index is 0.255. The maximum absolute atomic E-state index is 13.6. The number of rotatable bonds is 3. The molecule has 1 aliphatic carbocycles. The molecule has 1 aromatic carbocycles. The summed E-state index contributed by atoms with van der Waals surface area (Å²) in [5.41, 5.74) is 6.89. The number of halogens is 1. The second-order valence-electron chi connectivity index (χ2n) is 5.54. The average Bonchev–Trinajstić information content (AvgIpc) is 2.42. The van der Waals surface area contributed by atoms with E-state index in [0.29, 0.717) is 17.7 Å². The fraction of sp³-hybridized carbons (Fsp3) is 0.600. The molecule has 3 heteroatoms. The first kappa shape index (κ1) is 13.5. The molecule has 1 saturated carbocycles. The highest BCUT2D eigenvalue weighted by Crippen LogP contribution is 2.45. The molecule has 0 saturated heterocycles. The van der Waals surface area contributed by atoms with Gasteiger partial charge in [-0.2, -0.15) is 0 Å². The van der Waals surface area contributed by atoms with Gasteiger partial charge in [-0.05, 0) is 37.0 Å². The topological polar surface area (TPSA) is 46.2 Å². The van der Waals surface area contributed by atoms with Gasteiger partial charge in [-0.1, -0.05) is 31.4 Å². The molecule has 0 aromatic heterocycles. The van der Waals surface area contributed by atoms with Gasteiger partial charge in [-0.3, -0.25) is 0 Å². The Hall–Kier alpha value is -0.930. The summed E-state index contributed by atoms with van der Waals surface area (Å²) < 4.78 is 13.6. The van der Waals surface area contributed by atoms with Crippen molar-refractivity contribution in [2.75, 3.05) is 6.54 Å². The molecule has 1 fully saturated rings. The SMILES string of the molecule is Cc1ccc(C(O)C2(CN)CCCCC2)cc1F. The van der Waals surface area contributed by atoms with Crippen LogP contribution in [-0.4, -0.2) is 11.7 Å². The van der Waals surface area contributed by atoms with Gasteiger partial charge >= 0.3 is 0 Å². The molecule has 3 N–H and O–H groups in total. The van der Waals surface area contributed by atoms with E-state index in [1.807, 2.05) is 6.07 Å². The van der Waals surface area contributed by atoms with Crippen molar-refractivity contribution < 1.29 is 9.50 Å². The number of hydrogen-bond donors (Lipinski definition) is 2. The van der Waals surface area contributed by atoms with Crippen LogP contribution in [-0.2, 0) is 0 Å².